The molecule has 1 unspecified atom stereocenters. The predicted octanol–water partition coefficient (Wildman–Crippen LogP) is 1.01. The number of rotatable bonds is 4. The second-order valence-corrected chi connectivity index (χ2v) is 5.85. The van der Waals surface area contributed by atoms with Crippen LogP contribution in [0.2, 0.25) is 0 Å². The standard InChI is InChI=1S/C17H23N3O3/c1-2-14-17(22)20(13-5-3-4-6-15(13)23-14)10-7-16(21)19-11-8-18-9-12-19/h3-6,14,18H,2,7-12H2,1H3. The minimum absolute atomic E-state index is 0.0562. The Kier molecular flexibility index (Phi) is 4.81. The van der Waals surface area contributed by atoms with Gasteiger partial charge in [0.1, 0.15) is 5.75 Å². The van der Waals surface area contributed by atoms with E-state index in [-0.39, 0.29) is 11.8 Å². The van der Waals surface area contributed by atoms with Crippen molar-refractivity contribution in [2.24, 2.45) is 0 Å². The van der Waals surface area contributed by atoms with E-state index in [1.165, 1.54) is 0 Å². The SMILES string of the molecule is CCC1Oc2ccccc2N(CCC(=O)N2CCNCC2)C1=O. The molecule has 2 amide bonds. The second kappa shape index (κ2) is 7.00. The van der Waals surface area contributed by atoms with Gasteiger partial charge in [0, 0.05) is 39.1 Å². The normalized spacial score (nSPS) is 20.9. The molecule has 0 radical (unpaired) electrons. The predicted molar refractivity (Wildman–Crippen MR) is 87.6 cm³/mol. The average molecular weight is 317 g/mol. The molecule has 0 spiro atoms. The lowest BCUT2D eigenvalue weighted by atomic mass is 10.1. The average Bonchev–Trinajstić information content (AvgIpc) is 2.61. The third kappa shape index (κ3) is 3.32. The summed E-state index contributed by atoms with van der Waals surface area (Å²) in [6, 6.07) is 7.52. The van der Waals surface area contributed by atoms with E-state index < -0.39 is 6.10 Å². The second-order valence-electron chi connectivity index (χ2n) is 5.85. The van der Waals surface area contributed by atoms with E-state index in [2.05, 4.69) is 5.32 Å². The highest BCUT2D eigenvalue weighted by atomic mass is 16.5. The van der Waals surface area contributed by atoms with Gasteiger partial charge in [-0.2, -0.15) is 0 Å². The third-order valence-electron chi connectivity index (χ3n) is 4.36. The summed E-state index contributed by atoms with van der Waals surface area (Å²) >= 11 is 0. The molecule has 1 aromatic rings. The van der Waals surface area contributed by atoms with Crippen molar-refractivity contribution in [3.63, 3.8) is 0 Å². The number of amides is 2. The fourth-order valence-electron chi connectivity index (χ4n) is 3.04. The van der Waals surface area contributed by atoms with Crippen molar-refractivity contribution in [3.8, 4) is 5.75 Å². The lowest BCUT2D eigenvalue weighted by Crippen LogP contribution is -2.49. The number of hydrogen-bond acceptors (Lipinski definition) is 4. The van der Waals surface area contributed by atoms with E-state index in [0.29, 0.717) is 25.1 Å². The van der Waals surface area contributed by atoms with E-state index in [0.717, 1.165) is 31.9 Å². The van der Waals surface area contributed by atoms with E-state index >= 15 is 0 Å². The molecule has 23 heavy (non-hydrogen) atoms. The Morgan fingerprint density at radius 1 is 1.30 bits per heavy atom. The van der Waals surface area contributed by atoms with E-state index in [4.69, 9.17) is 4.74 Å². The fourth-order valence-corrected chi connectivity index (χ4v) is 3.04. The number of carbonyl (C=O) groups is 2. The van der Waals surface area contributed by atoms with Crippen molar-refractivity contribution in [2.45, 2.75) is 25.9 Å². The van der Waals surface area contributed by atoms with Gasteiger partial charge < -0.3 is 19.9 Å². The number of fused-ring (bicyclic) bond motifs is 1. The summed E-state index contributed by atoms with van der Waals surface area (Å²) in [6.07, 6.45) is 0.505. The molecule has 6 heteroatoms. The fraction of sp³-hybridized carbons (Fsp3) is 0.529. The highest BCUT2D eigenvalue weighted by molar-refractivity contribution is 6.00. The number of nitrogens with one attached hydrogen (secondary N) is 1. The molecule has 0 aliphatic carbocycles. The minimum Gasteiger partial charge on any atom is -0.478 e. The summed E-state index contributed by atoms with van der Waals surface area (Å²) in [5.41, 5.74) is 0.760. The Balaban J connectivity index is 1.70. The zero-order valence-corrected chi connectivity index (χ0v) is 13.5. The number of carbonyl (C=O) groups excluding carboxylic acids is 2. The van der Waals surface area contributed by atoms with Gasteiger partial charge in [-0.05, 0) is 18.6 Å². The number of benzene rings is 1. The first-order chi connectivity index (χ1) is 11.2. The Bertz CT molecular complexity index is 584. The van der Waals surface area contributed by atoms with Crippen LogP contribution in [0, 0.1) is 0 Å². The maximum absolute atomic E-state index is 12.6. The van der Waals surface area contributed by atoms with Crippen LogP contribution in [0.4, 0.5) is 5.69 Å². The van der Waals surface area contributed by atoms with Gasteiger partial charge in [0.05, 0.1) is 5.69 Å². The summed E-state index contributed by atoms with van der Waals surface area (Å²) < 4.78 is 5.75. The van der Waals surface area contributed by atoms with Gasteiger partial charge >= 0.3 is 0 Å². The smallest absolute Gasteiger partial charge is 0.268 e. The van der Waals surface area contributed by atoms with Crippen LogP contribution in [0.1, 0.15) is 19.8 Å². The molecule has 2 aliphatic heterocycles. The Hall–Kier alpha value is -2.08. The largest absolute Gasteiger partial charge is 0.478 e. The third-order valence-corrected chi connectivity index (χ3v) is 4.36. The number of anilines is 1. The van der Waals surface area contributed by atoms with Gasteiger partial charge in [-0.1, -0.05) is 19.1 Å². The maximum Gasteiger partial charge on any atom is 0.268 e. The quantitative estimate of drug-likeness (QED) is 0.900. The first kappa shape index (κ1) is 15.8. The molecule has 6 nitrogen and oxygen atoms in total. The summed E-state index contributed by atoms with van der Waals surface area (Å²) in [5, 5.41) is 3.23. The van der Waals surface area contributed by atoms with Crippen molar-refractivity contribution in [1.29, 1.82) is 0 Å². The topological polar surface area (TPSA) is 61.9 Å². The highest BCUT2D eigenvalue weighted by Gasteiger charge is 2.33. The van der Waals surface area contributed by atoms with Crippen LogP contribution in [-0.2, 0) is 9.59 Å². The summed E-state index contributed by atoms with van der Waals surface area (Å²) in [4.78, 5) is 28.5. The first-order valence-corrected chi connectivity index (χ1v) is 8.26. The minimum atomic E-state index is -0.459. The number of para-hydroxylation sites is 2. The lowest BCUT2D eigenvalue weighted by molar-refractivity contribution is -0.131. The van der Waals surface area contributed by atoms with Gasteiger partial charge in [0.25, 0.3) is 5.91 Å². The monoisotopic (exact) mass is 317 g/mol. The van der Waals surface area contributed by atoms with Gasteiger partial charge in [0.15, 0.2) is 6.10 Å². The van der Waals surface area contributed by atoms with Gasteiger partial charge in [-0.3, -0.25) is 9.59 Å². The molecule has 0 bridgehead atoms. The molecule has 1 aromatic carbocycles. The molecule has 2 heterocycles. The zero-order chi connectivity index (χ0) is 16.2. The van der Waals surface area contributed by atoms with Crippen LogP contribution in [0.25, 0.3) is 0 Å². The molecule has 1 fully saturated rings. The Morgan fingerprint density at radius 3 is 2.78 bits per heavy atom. The molecular weight excluding hydrogens is 294 g/mol. The molecule has 124 valence electrons. The van der Waals surface area contributed by atoms with Crippen molar-refractivity contribution in [3.05, 3.63) is 24.3 Å². The summed E-state index contributed by atoms with van der Waals surface area (Å²) in [7, 11) is 0. The Labute approximate surface area is 136 Å². The van der Waals surface area contributed by atoms with Crippen molar-refractivity contribution < 1.29 is 14.3 Å². The van der Waals surface area contributed by atoms with E-state index in [1.54, 1.807) is 4.90 Å². The molecule has 0 saturated carbocycles. The van der Waals surface area contributed by atoms with Crippen LogP contribution in [0.3, 0.4) is 0 Å². The summed E-state index contributed by atoms with van der Waals surface area (Å²) in [5.74, 6) is 0.768. The molecule has 1 N–H and O–H groups in total. The van der Waals surface area contributed by atoms with Crippen LogP contribution < -0.4 is 15.0 Å². The van der Waals surface area contributed by atoms with Crippen molar-refractivity contribution >= 4 is 17.5 Å². The maximum atomic E-state index is 12.6. The van der Waals surface area contributed by atoms with Gasteiger partial charge in [-0.15, -0.1) is 0 Å². The number of hydrogen-bond donors (Lipinski definition) is 1. The Morgan fingerprint density at radius 2 is 2.04 bits per heavy atom. The number of ether oxygens (including phenoxy) is 1. The highest BCUT2D eigenvalue weighted by Crippen LogP contribution is 2.34. The molecule has 2 aliphatic rings. The number of nitrogens with zero attached hydrogens (tertiary/aromatic N) is 2. The molecule has 1 atom stereocenters. The van der Waals surface area contributed by atoms with Crippen LogP contribution in [0.5, 0.6) is 5.75 Å². The van der Waals surface area contributed by atoms with Crippen LogP contribution >= 0.6 is 0 Å². The van der Waals surface area contributed by atoms with Crippen molar-refractivity contribution in [1.82, 2.24) is 10.2 Å². The van der Waals surface area contributed by atoms with Crippen LogP contribution in [-0.4, -0.2) is 55.5 Å². The van der Waals surface area contributed by atoms with E-state index in [9.17, 15) is 9.59 Å². The number of piperazine rings is 1. The molecular formula is C17H23N3O3. The zero-order valence-electron chi connectivity index (χ0n) is 13.5. The molecule has 3 rings (SSSR count). The molecule has 1 saturated heterocycles. The summed E-state index contributed by atoms with van der Waals surface area (Å²) in [6.45, 7) is 5.49. The van der Waals surface area contributed by atoms with Crippen molar-refractivity contribution in [2.75, 3.05) is 37.6 Å². The molecule has 0 aromatic heterocycles. The van der Waals surface area contributed by atoms with Crippen LogP contribution in [0.15, 0.2) is 24.3 Å². The van der Waals surface area contributed by atoms with E-state index in [1.807, 2.05) is 36.1 Å². The van der Waals surface area contributed by atoms with Gasteiger partial charge in [0.2, 0.25) is 5.91 Å². The lowest BCUT2D eigenvalue weighted by Gasteiger charge is -2.34. The van der Waals surface area contributed by atoms with Gasteiger partial charge in [-0.25, -0.2) is 0 Å². The first-order valence-electron chi connectivity index (χ1n) is 8.26.